The van der Waals surface area contributed by atoms with Crippen LogP contribution in [0, 0.1) is 12.3 Å². The average molecular weight is 327 g/mol. The monoisotopic (exact) mass is 326 g/mol. The van der Waals surface area contributed by atoms with Crippen LogP contribution in [0.15, 0.2) is 16.7 Å². The molecule has 0 unspecified atom stereocenters. The Bertz CT molecular complexity index is 449. The second-order valence-corrected chi connectivity index (χ2v) is 7.42. The molecule has 0 atom stereocenters. The molecule has 1 fully saturated rings. The van der Waals surface area contributed by atoms with Gasteiger partial charge in [-0.15, -0.1) is 0 Å². The molecule has 1 saturated carbocycles. The van der Waals surface area contributed by atoms with Gasteiger partial charge in [0.2, 0.25) is 0 Å². The van der Waals surface area contributed by atoms with E-state index < -0.39 is 5.60 Å². The predicted molar refractivity (Wildman–Crippen MR) is 82.4 cm³/mol. The Morgan fingerprint density at radius 3 is 2.53 bits per heavy atom. The number of hydrogen-bond donors (Lipinski definition) is 2. The van der Waals surface area contributed by atoms with E-state index >= 15 is 0 Å². The number of halogens is 1. The first kappa shape index (κ1) is 14.8. The van der Waals surface area contributed by atoms with Gasteiger partial charge in [0, 0.05) is 17.2 Å². The smallest absolute Gasteiger partial charge is 0.126 e. The normalized spacial score (nSPS) is 21.1. The van der Waals surface area contributed by atoms with E-state index in [9.17, 15) is 5.11 Å². The van der Waals surface area contributed by atoms with Gasteiger partial charge in [-0.1, -0.05) is 13.8 Å². The fourth-order valence-electron chi connectivity index (χ4n) is 2.46. The average Bonchev–Trinajstić information content (AvgIpc) is 2.36. The molecule has 106 valence electrons. The molecule has 2 N–H and O–H groups in total. The minimum Gasteiger partial charge on any atom is -0.388 e. The lowest BCUT2D eigenvalue weighted by Gasteiger charge is -2.40. The van der Waals surface area contributed by atoms with Crippen LogP contribution in [0.25, 0.3) is 0 Å². The van der Waals surface area contributed by atoms with E-state index in [-0.39, 0.29) is 0 Å². The highest BCUT2D eigenvalue weighted by molar-refractivity contribution is 9.10. The maximum absolute atomic E-state index is 10.6. The lowest BCUT2D eigenvalue weighted by Crippen LogP contribution is -2.42. The van der Waals surface area contributed by atoms with Gasteiger partial charge in [-0.3, -0.25) is 0 Å². The van der Waals surface area contributed by atoms with Crippen LogP contribution >= 0.6 is 15.9 Å². The Kier molecular flexibility index (Phi) is 4.21. The molecule has 1 aliphatic rings. The van der Waals surface area contributed by atoms with Crippen molar-refractivity contribution in [3.63, 3.8) is 0 Å². The molecule has 0 aromatic carbocycles. The Balaban J connectivity index is 1.93. The van der Waals surface area contributed by atoms with Crippen molar-refractivity contribution in [2.24, 2.45) is 5.41 Å². The minimum atomic E-state index is -0.585. The third kappa shape index (κ3) is 3.93. The van der Waals surface area contributed by atoms with Crippen LogP contribution in [-0.2, 0) is 0 Å². The number of nitrogens with one attached hydrogen (secondary N) is 1. The van der Waals surface area contributed by atoms with Crippen molar-refractivity contribution in [2.75, 3.05) is 11.9 Å². The molecular weight excluding hydrogens is 304 g/mol. The summed E-state index contributed by atoms with van der Waals surface area (Å²) in [5.74, 6) is 0.832. The van der Waals surface area contributed by atoms with Crippen molar-refractivity contribution in [1.29, 1.82) is 0 Å². The fraction of sp³-hybridized carbons (Fsp3) is 0.667. The Morgan fingerprint density at radius 1 is 1.32 bits per heavy atom. The summed E-state index contributed by atoms with van der Waals surface area (Å²) < 4.78 is 1.01. The van der Waals surface area contributed by atoms with E-state index in [1.165, 1.54) is 0 Å². The maximum Gasteiger partial charge on any atom is 0.126 e. The SMILES string of the molecule is Cc1cc(NCC2(O)CCC(C)(C)CC2)ncc1Br. The van der Waals surface area contributed by atoms with Crippen molar-refractivity contribution in [3.05, 3.63) is 22.3 Å². The third-order valence-electron chi connectivity index (χ3n) is 4.18. The summed E-state index contributed by atoms with van der Waals surface area (Å²) in [4.78, 5) is 4.31. The van der Waals surface area contributed by atoms with E-state index in [2.05, 4.69) is 40.1 Å². The van der Waals surface area contributed by atoms with Gasteiger partial charge in [-0.05, 0) is 65.6 Å². The van der Waals surface area contributed by atoms with E-state index in [0.29, 0.717) is 12.0 Å². The Labute approximate surface area is 124 Å². The Hall–Kier alpha value is -0.610. The molecule has 0 aliphatic heterocycles. The second kappa shape index (κ2) is 5.41. The van der Waals surface area contributed by atoms with Gasteiger partial charge in [-0.2, -0.15) is 0 Å². The summed E-state index contributed by atoms with van der Waals surface area (Å²) in [5.41, 5.74) is 0.936. The number of anilines is 1. The number of aliphatic hydroxyl groups is 1. The lowest BCUT2D eigenvalue weighted by atomic mass is 9.71. The van der Waals surface area contributed by atoms with Gasteiger partial charge < -0.3 is 10.4 Å². The molecule has 1 aliphatic carbocycles. The largest absolute Gasteiger partial charge is 0.388 e. The predicted octanol–water partition coefficient (Wildman–Crippen LogP) is 3.90. The fourth-order valence-corrected chi connectivity index (χ4v) is 2.68. The van der Waals surface area contributed by atoms with Crippen molar-refractivity contribution in [2.45, 2.75) is 52.1 Å². The summed E-state index contributed by atoms with van der Waals surface area (Å²) in [6, 6.07) is 2.00. The highest BCUT2D eigenvalue weighted by atomic mass is 79.9. The topological polar surface area (TPSA) is 45.1 Å². The molecule has 1 heterocycles. The molecule has 0 spiro atoms. The van der Waals surface area contributed by atoms with Crippen molar-refractivity contribution >= 4 is 21.7 Å². The molecule has 0 bridgehead atoms. The zero-order chi connectivity index (χ0) is 14.1. The number of rotatable bonds is 3. The van der Waals surface area contributed by atoms with Gasteiger partial charge in [-0.25, -0.2) is 4.98 Å². The molecule has 2 rings (SSSR count). The molecular formula is C15H23BrN2O. The molecule has 4 heteroatoms. The van der Waals surface area contributed by atoms with Crippen LogP contribution in [0.5, 0.6) is 0 Å². The highest BCUT2D eigenvalue weighted by Gasteiger charge is 2.36. The van der Waals surface area contributed by atoms with Gasteiger partial charge in [0.25, 0.3) is 0 Å². The lowest BCUT2D eigenvalue weighted by molar-refractivity contribution is -0.0145. The highest BCUT2D eigenvalue weighted by Crippen LogP contribution is 2.40. The van der Waals surface area contributed by atoms with Crippen molar-refractivity contribution in [1.82, 2.24) is 4.98 Å². The maximum atomic E-state index is 10.6. The summed E-state index contributed by atoms with van der Waals surface area (Å²) in [7, 11) is 0. The number of aromatic nitrogens is 1. The molecule has 1 aromatic rings. The summed E-state index contributed by atoms with van der Waals surface area (Å²) in [6.45, 7) is 7.17. The molecule has 1 aromatic heterocycles. The van der Waals surface area contributed by atoms with Crippen molar-refractivity contribution < 1.29 is 5.11 Å². The van der Waals surface area contributed by atoms with Crippen molar-refractivity contribution in [3.8, 4) is 0 Å². The summed E-state index contributed by atoms with van der Waals surface area (Å²) in [5, 5.41) is 13.9. The van der Waals surface area contributed by atoms with Crippen LogP contribution < -0.4 is 5.32 Å². The first-order chi connectivity index (χ1) is 8.80. The van der Waals surface area contributed by atoms with Crippen LogP contribution in [-0.4, -0.2) is 22.2 Å². The molecule has 0 radical (unpaired) electrons. The van der Waals surface area contributed by atoms with Gasteiger partial charge in [0.05, 0.1) is 5.60 Å². The second-order valence-electron chi connectivity index (χ2n) is 6.56. The van der Waals surface area contributed by atoms with Gasteiger partial charge >= 0.3 is 0 Å². The summed E-state index contributed by atoms with van der Waals surface area (Å²) in [6.07, 6.45) is 5.69. The third-order valence-corrected chi connectivity index (χ3v) is 5.01. The number of nitrogens with zero attached hydrogens (tertiary/aromatic N) is 1. The molecule has 0 saturated heterocycles. The summed E-state index contributed by atoms with van der Waals surface area (Å²) >= 11 is 3.44. The van der Waals surface area contributed by atoms with E-state index in [1.54, 1.807) is 6.20 Å². The zero-order valence-corrected chi connectivity index (χ0v) is 13.5. The van der Waals surface area contributed by atoms with Crippen LogP contribution in [0.4, 0.5) is 5.82 Å². The van der Waals surface area contributed by atoms with Gasteiger partial charge in [0.1, 0.15) is 5.82 Å². The number of hydrogen-bond acceptors (Lipinski definition) is 3. The number of aryl methyl sites for hydroxylation is 1. The van der Waals surface area contributed by atoms with E-state index in [0.717, 1.165) is 41.5 Å². The minimum absolute atomic E-state index is 0.374. The standard InChI is InChI=1S/C15H23BrN2O/c1-11-8-13(17-9-12(11)16)18-10-15(19)6-4-14(2,3)5-7-15/h8-9,19H,4-7,10H2,1-3H3,(H,17,18). The molecule has 0 amide bonds. The van der Waals surface area contributed by atoms with Crippen LogP contribution in [0.1, 0.15) is 45.1 Å². The Morgan fingerprint density at radius 2 is 1.95 bits per heavy atom. The zero-order valence-electron chi connectivity index (χ0n) is 12.0. The molecule has 3 nitrogen and oxygen atoms in total. The first-order valence-corrected chi connectivity index (χ1v) is 7.67. The van der Waals surface area contributed by atoms with E-state index in [4.69, 9.17) is 0 Å². The molecule has 19 heavy (non-hydrogen) atoms. The van der Waals surface area contributed by atoms with Gasteiger partial charge in [0.15, 0.2) is 0 Å². The number of pyridine rings is 1. The van der Waals surface area contributed by atoms with Crippen LogP contribution in [0.3, 0.4) is 0 Å². The van der Waals surface area contributed by atoms with Crippen LogP contribution in [0.2, 0.25) is 0 Å². The first-order valence-electron chi connectivity index (χ1n) is 6.88. The quantitative estimate of drug-likeness (QED) is 0.885. The van der Waals surface area contributed by atoms with E-state index in [1.807, 2.05) is 13.0 Å².